The summed E-state index contributed by atoms with van der Waals surface area (Å²) in [6, 6.07) is 18.2. The molecule has 0 spiro atoms. The van der Waals surface area contributed by atoms with Gasteiger partial charge in [0.15, 0.2) is 9.84 Å². The molecule has 0 radical (unpaired) electrons. The van der Waals surface area contributed by atoms with E-state index in [-0.39, 0.29) is 30.1 Å². The van der Waals surface area contributed by atoms with Gasteiger partial charge in [0.1, 0.15) is 12.6 Å². The highest BCUT2D eigenvalue weighted by molar-refractivity contribution is 7.91. The van der Waals surface area contributed by atoms with Gasteiger partial charge in [-0.3, -0.25) is 9.69 Å². The maximum atomic E-state index is 13.4. The Bertz CT molecular complexity index is 1070. The fraction of sp³-hybridized carbons (Fsp3) is 0.440. The van der Waals surface area contributed by atoms with Crippen molar-refractivity contribution in [3.8, 4) is 0 Å². The monoisotopic (exact) mass is 485 g/mol. The van der Waals surface area contributed by atoms with Crippen molar-refractivity contribution in [2.75, 3.05) is 37.7 Å². The van der Waals surface area contributed by atoms with Crippen LogP contribution in [0.15, 0.2) is 60.7 Å². The second-order valence-corrected chi connectivity index (χ2v) is 11.1. The highest BCUT2D eigenvalue weighted by Crippen LogP contribution is 2.20. The maximum Gasteiger partial charge on any atom is 0.408 e. The Morgan fingerprint density at radius 2 is 1.56 bits per heavy atom. The third kappa shape index (κ3) is 6.57. The minimum atomic E-state index is -2.95. The highest BCUT2D eigenvalue weighted by atomic mass is 32.2. The molecule has 2 heterocycles. The van der Waals surface area contributed by atoms with Crippen LogP contribution in [0.4, 0.5) is 4.79 Å². The average molecular weight is 486 g/mol. The Morgan fingerprint density at radius 1 is 0.941 bits per heavy atom. The molecule has 8 nitrogen and oxygen atoms in total. The molecule has 9 heteroatoms. The number of sulfone groups is 1. The number of piperazine rings is 1. The normalized spacial score (nSPS) is 21.1. The lowest BCUT2D eigenvalue weighted by Crippen LogP contribution is -2.57. The molecular formula is C25H31N3O5S. The molecule has 2 aromatic rings. The Labute approximate surface area is 200 Å². The third-order valence-electron chi connectivity index (χ3n) is 6.44. The number of rotatable bonds is 7. The number of benzene rings is 2. The summed E-state index contributed by atoms with van der Waals surface area (Å²) in [5.74, 6) is 0.288. The molecule has 2 aromatic carbocycles. The lowest BCUT2D eigenvalue weighted by Gasteiger charge is -2.38. The molecule has 0 saturated carbocycles. The molecule has 1 unspecified atom stereocenters. The number of ether oxygens (including phenoxy) is 1. The zero-order valence-corrected chi connectivity index (χ0v) is 20.0. The van der Waals surface area contributed by atoms with Crippen molar-refractivity contribution in [1.29, 1.82) is 0 Å². The van der Waals surface area contributed by atoms with E-state index in [4.69, 9.17) is 4.74 Å². The molecule has 1 N–H and O–H groups in total. The first-order valence-corrected chi connectivity index (χ1v) is 13.5. The van der Waals surface area contributed by atoms with Crippen LogP contribution in [0, 0.1) is 0 Å². The van der Waals surface area contributed by atoms with Crippen LogP contribution < -0.4 is 5.32 Å². The first kappa shape index (κ1) is 24.2. The number of alkyl carbamates (subject to hydrolysis) is 1. The van der Waals surface area contributed by atoms with Crippen LogP contribution in [0.2, 0.25) is 0 Å². The van der Waals surface area contributed by atoms with Gasteiger partial charge in [0.05, 0.1) is 11.5 Å². The molecule has 2 aliphatic rings. The zero-order valence-electron chi connectivity index (χ0n) is 19.1. The molecule has 2 amide bonds. The lowest BCUT2D eigenvalue weighted by atomic mass is 10.0. The summed E-state index contributed by atoms with van der Waals surface area (Å²) in [5, 5.41) is 2.76. The van der Waals surface area contributed by atoms with Gasteiger partial charge in [-0.05, 0) is 17.5 Å². The average Bonchev–Trinajstić information content (AvgIpc) is 3.23. The standard InChI is InChI=1S/C25H31N3O5S/c29-24(28-14-12-27(13-15-28)22-11-16-34(31,32)19-22)23(17-20-7-3-1-4-8-20)26-25(30)33-18-21-9-5-2-6-10-21/h1-10,22-23H,11-19H2,(H,26,30)/t22?,23-/m0/s1. The largest absolute Gasteiger partial charge is 0.445 e. The summed E-state index contributed by atoms with van der Waals surface area (Å²) >= 11 is 0. The first-order valence-electron chi connectivity index (χ1n) is 11.6. The van der Waals surface area contributed by atoms with Crippen molar-refractivity contribution in [2.45, 2.75) is 31.5 Å². The number of nitrogens with one attached hydrogen (secondary N) is 1. The summed E-state index contributed by atoms with van der Waals surface area (Å²) < 4.78 is 29.0. The molecule has 2 fully saturated rings. The van der Waals surface area contributed by atoms with Crippen LogP contribution >= 0.6 is 0 Å². The van der Waals surface area contributed by atoms with Crippen LogP contribution in [0.25, 0.3) is 0 Å². The molecular weight excluding hydrogens is 454 g/mol. The first-order chi connectivity index (χ1) is 16.4. The number of nitrogens with zero attached hydrogens (tertiary/aromatic N) is 2. The number of hydrogen-bond donors (Lipinski definition) is 1. The van der Waals surface area contributed by atoms with Gasteiger partial charge < -0.3 is 15.0 Å². The second kappa shape index (κ2) is 11.0. The smallest absolute Gasteiger partial charge is 0.408 e. The van der Waals surface area contributed by atoms with Crippen LogP contribution in [0.1, 0.15) is 17.5 Å². The molecule has 182 valence electrons. The summed E-state index contributed by atoms with van der Waals surface area (Å²) in [7, 11) is -2.95. The SMILES string of the molecule is O=C(N[C@@H](Cc1ccccc1)C(=O)N1CCN(C2CCS(=O)(=O)C2)CC1)OCc1ccccc1. The predicted octanol–water partition coefficient (Wildman–Crippen LogP) is 1.86. The Hall–Kier alpha value is -2.91. The molecule has 0 aliphatic carbocycles. The Morgan fingerprint density at radius 3 is 2.15 bits per heavy atom. The van der Waals surface area contributed by atoms with E-state index in [0.717, 1.165) is 11.1 Å². The molecule has 2 saturated heterocycles. The molecule has 0 aromatic heterocycles. The number of hydrogen-bond acceptors (Lipinski definition) is 6. The van der Waals surface area contributed by atoms with Gasteiger partial charge in [-0.2, -0.15) is 0 Å². The van der Waals surface area contributed by atoms with Gasteiger partial charge in [0.2, 0.25) is 5.91 Å². The van der Waals surface area contributed by atoms with Crippen LogP contribution in [-0.4, -0.2) is 80.0 Å². The van der Waals surface area contributed by atoms with E-state index in [9.17, 15) is 18.0 Å². The molecule has 2 aliphatic heterocycles. The van der Waals surface area contributed by atoms with Crippen LogP contribution in [-0.2, 0) is 32.4 Å². The zero-order chi connectivity index (χ0) is 24.0. The second-order valence-electron chi connectivity index (χ2n) is 8.87. The van der Waals surface area contributed by atoms with E-state index in [2.05, 4.69) is 10.2 Å². The van der Waals surface area contributed by atoms with E-state index in [1.54, 1.807) is 4.90 Å². The molecule has 0 bridgehead atoms. The van der Waals surface area contributed by atoms with E-state index >= 15 is 0 Å². The van der Waals surface area contributed by atoms with Crippen LogP contribution in [0.3, 0.4) is 0 Å². The van der Waals surface area contributed by atoms with Crippen molar-refractivity contribution in [3.05, 3.63) is 71.8 Å². The van der Waals surface area contributed by atoms with Gasteiger partial charge in [-0.15, -0.1) is 0 Å². The molecule has 4 rings (SSSR count). The van der Waals surface area contributed by atoms with E-state index in [0.29, 0.717) is 39.0 Å². The fourth-order valence-electron chi connectivity index (χ4n) is 4.55. The van der Waals surface area contributed by atoms with Crippen molar-refractivity contribution in [3.63, 3.8) is 0 Å². The van der Waals surface area contributed by atoms with E-state index in [1.165, 1.54) is 0 Å². The highest BCUT2D eigenvalue weighted by Gasteiger charge is 2.35. The van der Waals surface area contributed by atoms with Crippen molar-refractivity contribution in [2.24, 2.45) is 0 Å². The summed E-state index contributed by atoms with van der Waals surface area (Å²) in [6.45, 7) is 2.38. The van der Waals surface area contributed by atoms with E-state index in [1.807, 2.05) is 60.7 Å². The molecule has 34 heavy (non-hydrogen) atoms. The van der Waals surface area contributed by atoms with Gasteiger partial charge in [0, 0.05) is 38.6 Å². The van der Waals surface area contributed by atoms with Crippen molar-refractivity contribution >= 4 is 21.8 Å². The summed E-state index contributed by atoms with van der Waals surface area (Å²) in [5.41, 5.74) is 1.81. The van der Waals surface area contributed by atoms with Gasteiger partial charge in [-0.25, -0.2) is 13.2 Å². The fourth-order valence-corrected chi connectivity index (χ4v) is 6.31. The number of carbonyl (C=O) groups excluding carboxylic acids is 2. The number of carbonyl (C=O) groups is 2. The lowest BCUT2D eigenvalue weighted by molar-refractivity contribution is -0.135. The third-order valence-corrected chi connectivity index (χ3v) is 8.19. The van der Waals surface area contributed by atoms with Crippen LogP contribution in [0.5, 0.6) is 0 Å². The predicted molar refractivity (Wildman–Crippen MR) is 129 cm³/mol. The molecule has 2 atom stereocenters. The minimum absolute atomic E-state index is 0.0356. The maximum absolute atomic E-state index is 13.4. The van der Waals surface area contributed by atoms with E-state index < -0.39 is 22.0 Å². The summed E-state index contributed by atoms with van der Waals surface area (Å²) in [6.07, 6.45) is 0.385. The van der Waals surface area contributed by atoms with Crippen molar-refractivity contribution in [1.82, 2.24) is 15.1 Å². The number of amides is 2. The minimum Gasteiger partial charge on any atom is -0.445 e. The Balaban J connectivity index is 1.36. The van der Waals surface area contributed by atoms with Gasteiger partial charge in [-0.1, -0.05) is 60.7 Å². The Kier molecular flexibility index (Phi) is 7.84. The summed E-state index contributed by atoms with van der Waals surface area (Å²) in [4.78, 5) is 29.8. The van der Waals surface area contributed by atoms with Crippen molar-refractivity contribution < 1.29 is 22.7 Å². The van der Waals surface area contributed by atoms with Gasteiger partial charge >= 0.3 is 6.09 Å². The quantitative estimate of drug-likeness (QED) is 0.643. The topological polar surface area (TPSA) is 96.0 Å². The van der Waals surface area contributed by atoms with Gasteiger partial charge in [0.25, 0.3) is 0 Å².